The van der Waals surface area contributed by atoms with Crippen LogP contribution in [0.2, 0.25) is 0 Å². The van der Waals surface area contributed by atoms with Gasteiger partial charge in [-0.25, -0.2) is 14.6 Å². The number of anilines is 1. The molecule has 0 radical (unpaired) electrons. The Balaban J connectivity index is 1.44. The second-order valence-corrected chi connectivity index (χ2v) is 5.79. The number of hydrogen-bond donors (Lipinski definition) is 0. The van der Waals surface area contributed by atoms with E-state index in [2.05, 4.69) is 25.1 Å². The van der Waals surface area contributed by atoms with Gasteiger partial charge in [0.25, 0.3) is 5.91 Å². The SMILES string of the molecule is Cc1cc(C(=O)N2CCN(c3cc(-n4cccn4)ncn3)CC2)no1. The molecule has 0 atom stereocenters. The molecule has 128 valence electrons. The lowest BCUT2D eigenvalue weighted by atomic mass is 10.2. The summed E-state index contributed by atoms with van der Waals surface area (Å²) in [5.41, 5.74) is 0.356. The van der Waals surface area contributed by atoms with E-state index in [0.717, 1.165) is 5.82 Å². The van der Waals surface area contributed by atoms with E-state index in [9.17, 15) is 4.79 Å². The van der Waals surface area contributed by atoms with Gasteiger partial charge in [0.2, 0.25) is 0 Å². The van der Waals surface area contributed by atoms with Crippen molar-refractivity contribution < 1.29 is 9.32 Å². The lowest BCUT2D eigenvalue weighted by Crippen LogP contribution is -2.49. The molecule has 0 bridgehead atoms. The number of aromatic nitrogens is 5. The Hall–Kier alpha value is -3.23. The molecule has 0 aliphatic carbocycles. The molecule has 4 rings (SSSR count). The van der Waals surface area contributed by atoms with Crippen LogP contribution in [0.3, 0.4) is 0 Å². The van der Waals surface area contributed by atoms with Gasteiger partial charge in [-0.1, -0.05) is 5.16 Å². The van der Waals surface area contributed by atoms with Crippen molar-refractivity contribution in [3.05, 3.63) is 48.4 Å². The molecule has 0 unspecified atom stereocenters. The molecule has 0 aromatic carbocycles. The van der Waals surface area contributed by atoms with E-state index in [1.165, 1.54) is 6.33 Å². The van der Waals surface area contributed by atoms with Crippen molar-refractivity contribution in [2.75, 3.05) is 31.1 Å². The van der Waals surface area contributed by atoms with Gasteiger partial charge in [0.1, 0.15) is 17.9 Å². The number of carbonyl (C=O) groups is 1. The monoisotopic (exact) mass is 339 g/mol. The summed E-state index contributed by atoms with van der Waals surface area (Å²) in [6.07, 6.45) is 5.07. The highest BCUT2D eigenvalue weighted by molar-refractivity contribution is 5.92. The molecule has 1 amide bonds. The van der Waals surface area contributed by atoms with E-state index < -0.39 is 0 Å². The van der Waals surface area contributed by atoms with Crippen molar-refractivity contribution in [3.8, 4) is 5.82 Å². The maximum absolute atomic E-state index is 12.4. The predicted octanol–water partition coefficient (Wildman–Crippen LogP) is 0.921. The van der Waals surface area contributed by atoms with Crippen molar-refractivity contribution in [1.82, 2.24) is 29.8 Å². The molecule has 3 aromatic heterocycles. The maximum Gasteiger partial charge on any atom is 0.276 e. The number of aryl methyl sites for hydroxylation is 1. The minimum Gasteiger partial charge on any atom is -0.361 e. The van der Waals surface area contributed by atoms with Crippen molar-refractivity contribution in [3.63, 3.8) is 0 Å². The largest absolute Gasteiger partial charge is 0.361 e. The van der Waals surface area contributed by atoms with Crippen LogP contribution >= 0.6 is 0 Å². The van der Waals surface area contributed by atoms with E-state index in [1.54, 1.807) is 28.8 Å². The zero-order valence-corrected chi connectivity index (χ0v) is 13.7. The van der Waals surface area contributed by atoms with Gasteiger partial charge in [-0.05, 0) is 13.0 Å². The van der Waals surface area contributed by atoms with Crippen LogP contribution in [0, 0.1) is 6.92 Å². The lowest BCUT2D eigenvalue weighted by Gasteiger charge is -2.35. The fourth-order valence-electron chi connectivity index (χ4n) is 2.81. The Morgan fingerprint density at radius 2 is 1.92 bits per heavy atom. The molecule has 1 aliphatic rings. The minimum absolute atomic E-state index is 0.101. The number of rotatable bonds is 3. The van der Waals surface area contributed by atoms with Gasteiger partial charge >= 0.3 is 0 Å². The fourth-order valence-corrected chi connectivity index (χ4v) is 2.81. The molecule has 1 aliphatic heterocycles. The van der Waals surface area contributed by atoms with Crippen LogP contribution in [0.4, 0.5) is 5.82 Å². The maximum atomic E-state index is 12.4. The van der Waals surface area contributed by atoms with Crippen LogP contribution in [-0.2, 0) is 0 Å². The molecule has 0 saturated carbocycles. The second kappa shape index (κ2) is 6.34. The molecule has 1 saturated heterocycles. The van der Waals surface area contributed by atoms with Gasteiger partial charge in [-0.15, -0.1) is 0 Å². The molecule has 1 fully saturated rings. The average molecular weight is 339 g/mol. The Labute approximate surface area is 143 Å². The van der Waals surface area contributed by atoms with E-state index in [4.69, 9.17) is 4.52 Å². The first-order valence-electron chi connectivity index (χ1n) is 8.00. The normalized spacial score (nSPS) is 14.8. The first kappa shape index (κ1) is 15.3. The van der Waals surface area contributed by atoms with Crippen molar-refractivity contribution in [1.29, 1.82) is 0 Å². The predicted molar refractivity (Wildman–Crippen MR) is 88.5 cm³/mol. The van der Waals surface area contributed by atoms with E-state index >= 15 is 0 Å². The summed E-state index contributed by atoms with van der Waals surface area (Å²) in [7, 11) is 0. The highest BCUT2D eigenvalue weighted by atomic mass is 16.5. The van der Waals surface area contributed by atoms with Gasteiger partial charge in [0.15, 0.2) is 11.5 Å². The molecule has 0 spiro atoms. The van der Waals surface area contributed by atoms with Gasteiger partial charge in [0, 0.05) is 50.7 Å². The first-order chi connectivity index (χ1) is 12.2. The van der Waals surface area contributed by atoms with Crippen LogP contribution in [0.5, 0.6) is 0 Å². The quantitative estimate of drug-likeness (QED) is 0.700. The van der Waals surface area contributed by atoms with Crippen LogP contribution in [0.1, 0.15) is 16.2 Å². The summed E-state index contributed by atoms with van der Waals surface area (Å²) in [6.45, 7) is 4.36. The Bertz CT molecular complexity index is 866. The summed E-state index contributed by atoms with van der Waals surface area (Å²) in [5, 5.41) is 7.98. The van der Waals surface area contributed by atoms with Crippen molar-refractivity contribution in [2.45, 2.75) is 6.92 Å². The fraction of sp³-hybridized carbons (Fsp3) is 0.312. The van der Waals surface area contributed by atoms with E-state index in [0.29, 0.717) is 43.5 Å². The summed E-state index contributed by atoms with van der Waals surface area (Å²) >= 11 is 0. The molecule has 3 aromatic rings. The van der Waals surface area contributed by atoms with Gasteiger partial charge in [-0.3, -0.25) is 4.79 Å². The number of carbonyl (C=O) groups excluding carboxylic acids is 1. The van der Waals surface area contributed by atoms with Crippen molar-refractivity contribution in [2.24, 2.45) is 0 Å². The lowest BCUT2D eigenvalue weighted by molar-refractivity contribution is 0.0736. The van der Waals surface area contributed by atoms with E-state index in [1.807, 2.05) is 18.3 Å². The molecular weight excluding hydrogens is 322 g/mol. The highest BCUT2D eigenvalue weighted by Crippen LogP contribution is 2.17. The Morgan fingerprint density at radius 3 is 2.60 bits per heavy atom. The molecular formula is C16H17N7O2. The zero-order valence-electron chi connectivity index (χ0n) is 13.7. The molecule has 9 nitrogen and oxygen atoms in total. The highest BCUT2D eigenvalue weighted by Gasteiger charge is 2.25. The number of nitrogens with zero attached hydrogens (tertiary/aromatic N) is 7. The molecule has 4 heterocycles. The third kappa shape index (κ3) is 3.08. The van der Waals surface area contributed by atoms with E-state index in [-0.39, 0.29) is 5.91 Å². The topological polar surface area (TPSA) is 93.2 Å². The van der Waals surface area contributed by atoms with Crippen LogP contribution in [-0.4, -0.2) is 61.9 Å². The number of hydrogen-bond acceptors (Lipinski definition) is 7. The summed E-state index contributed by atoms with van der Waals surface area (Å²) in [6, 6.07) is 5.40. The Kier molecular flexibility index (Phi) is 3.88. The Morgan fingerprint density at radius 1 is 1.12 bits per heavy atom. The molecule has 0 N–H and O–H groups in total. The third-order valence-corrected chi connectivity index (χ3v) is 4.12. The van der Waals surface area contributed by atoms with Crippen molar-refractivity contribution >= 4 is 11.7 Å². The number of amides is 1. The molecule has 9 heteroatoms. The smallest absolute Gasteiger partial charge is 0.276 e. The van der Waals surface area contributed by atoms with Gasteiger partial charge in [0.05, 0.1) is 0 Å². The standard InChI is InChI=1S/C16H17N7O2/c1-12-9-13(20-25-12)16(24)22-7-5-21(6-8-22)14-10-15(18-11-17-14)23-4-2-3-19-23/h2-4,9-11H,5-8H2,1H3. The number of piperazine rings is 1. The third-order valence-electron chi connectivity index (χ3n) is 4.12. The second-order valence-electron chi connectivity index (χ2n) is 5.79. The van der Waals surface area contributed by atoms with Crippen LogP contribution < -0.4 is 4.90 Å². The van der Waals surface area contributed by atoms with Crippen LogP contribution in [0.25, 0.3) is 5.82 Å². The first-order valence-corrected chi connectivity index (χ1v) is 8.00. The minimum atomic E-state index is -0.101. The van der Waals surface area contributed by atoms with Gasteiger partial charge < -0.3 is 14.3 Å². The average Bonchev–Trinajstić information content (AvgIpc) is 3.33. The summed E-state index contributed by atoms with van der Waals surface area (Å²) in [4.78, 5) is 24.9. The summed E-state index contributed by atoms with van der Waals surface area (Å²) < 4.78 is 6.67. The molecule has 25 heavy (non-hydrogen) atoms. The van der Waals surface area contributed by atoms with Gasteiger partial charge in [-0.2, -0.15) is 5.10 Å². The zero-order chi connectivity index (χ0) is 17.2. The van der Waals surface area contributed by atoms with Crippen LogP contribution in [0.15, 0.2) is 41.4 Å². The summed E-state index contributed by atoms with van der Waals surface area (Å²) in [5.74, 6) is 2.07.